The Balaban J connectivity index is 2.16. The van der Waals surface area contributed by atoms with E-state index in [4.69, 9.17) is 0 Å². The van der Waals surface area contributed by atoms with Crippen LogP contribution in [0.3, 0.4) is 0 Å². The summed E-state index contributed by atoms with van der Waals surface area (Å²) in [6.07, 6.45) is 3.61. The normalized spacial score (nSPS) is 11.2. The molecule has 0 bridgehead atoms. The summed E-state index contributed by atoms with van der Waals surface area (Å²) < 4.78 is 16.9. The number of aromatic amines is 1. The van der Waals surface area contributed by atoms with Gasteiger partial charge in [-0.25, -0.2) is 14.2 Å². The number of nitrogens with one attached hydrogen (secondary N) is 1. The van der Waals surface area contributed by atoms with E-state index in [2.05, 4.69) is 15.3 Å². The number of halogens is 1. The number of rotatable bonds is 2. The molecule has 0 atom stereocenters. The first-order chi connectivity index (χ1) is 11.1. The third-order valence-corrected chi connectivity index (χ3v) is 3.66. The summed E-state index contributed by atoms with van der Waals surface area (Å²) in [5.41, 5.74) is 1.28. The molecule has 114 valence electrons. The fraction of sp³-hybridized carbons (Fsp3) is 0.0625. The number of aromatic nitrogens is 5. The van der Waals surface area contributed by atoms with E-state index >= 15 is 0 Å². The second-order valence-electron chi connectivity index (χ2n) is 5.17. The minimum Gasteiger partial charge on any atom is -0.308 e. The maximum Gasteiger partial charge on any atom is 0.277 e. The van der Waals surface area contributed by atoms with Crippen LogP contribution < -0.4 is 5.56 Å². The van der Waals surface area contributed by atoms with E-state index in [-0.39, 0.29) is 11.4 Å². The molecule has 0 aliphatic rings. The second-order valence-corrected chi connectivity index (χ2v) is 5.17. The Labute approximate surface area is 129 Å². The largest absolute Gasteiger partial charge is 0.308 e. The van der Waals surface area contributed by atoms with Gasteiger partial charge in [0.05, 0.1) is 11.4 Å². The minimum atomic E-state index is -0.371. The van der Waals surface area contributed by atoms with Crippen LogP contribution in [0.1, 0.15) is 5.69 Å². The molecule has 0 radical (unpaired) electrons. The fourth-order valence-corrected chi connectivity index (χ4v) is 2.62. The Kier molecular flexibility index (Phi) is 2.87. The molecule has 0 fully saturated rings. The van der Waals surface area contributed by atoms with Crippen molar-refractivity contribution in [2.24, 2.45) is 0 Å². The predicted octanol–water partition coefficient (Wildman–Crippen LogP) is 2.35. The molecule has 0 amide bonds. The lowest BCUT2D eigenvalue weighted by Gasteiger charge is -2.08. The highest BCUT2D eigenvalue weighted by Gasteiger charge is 2.19. The summed E-state index contributed by atoms with van der Waals surface area (Å²) in [6, 6.07) is 9.76. The molecule has 0 saturated heterocycles. The molecular formula is C16H12FN5O. The van der Waals surface area contributed by atoms with Crippen molar-refractivity contribution in [3.63, 3.8) is 0 Å². The van der Waals surface area contributed by atoms with E-state index in [1.165, 1.54) is 12.1 Å². The number of nitrogens with zero attached hydrogens (tertiary/aromatic N) is 4. The number of hydrogen-bond donors (Lipinski definition) is 1. The van der Waals surface area contributed by atoms with Crippen molar-refractivity contribution >= 4 is 10.9 Å². The van der Waals surface area contributed by atoms with Crippen molar-refractivity contribution < 1.29 is 4.39 Å². The van der Waals surface area contributed by atoms with Gasteiger partial charge in [-0.15, -0.1) is 0 Å². The van der Waals surface area contributed by atoms with E-state index in [0.717, 1.165) is 0 Å². The molecule has 3 aromatic heterocycles. The highest BCUT2D eigenvalue weighted by molar-refractivity contribution is 5.87. The average molecular weight is 309 g/mol. The summed E-state index contributed by atoms with van der Waals surface area (Å²) in [4.78, 5) is 12.3. The van der Waals surface area contributed by atoms with Gasteiger partial charge < -0.3 is 4.57 Å². The third-order valence-electron chi connectivity index (χ3n) is 3.66. The standard InChI is InChI=1S/C16H12FN5O/c1-10-14-13(15(23)19-18-10)16(21-7-2-3-8-21)22(20-14)12-6-4-5-11(17)9-12/h2-9H,1H3,(H,19,23). The van der Waals surface area contributed by atoms with Crippen LogP contribution in [0.4, 0.5) is 4.39 Å². The zero-order chi connectivity index (χ0) is 16.0. The Morgan fingerprint density at radius 3 is 2.70 bits per heavy atom. The van der Waals surface area contributed by atoms with Crippen molar-refractivity contribution in [2.75, 3.05) is 0 Å². The minimum absolute atomic E-state index is 0.336. The lowest BCUT2D eigenvalue weighted by atomic mass is 10.2. The first-order valence-corrected chi connectivity index (χ1v) is 7.02. The summed E-state index contributed by atoms with van der Waals surface area (Å²) in [5, 5.41) is 11.3. The molecule has 4 aromatic rings. The molecule has 0 aliphatic carbocycles. The van der Waals surface area contributed by atoms with Crippen LogP contribution in [0.5, 0.6) is 0 Å². The number of fused-ring (bicyclic) bond motifs is 1. The molecule has 4 rings (SSSR count). The van der Waals surface area contributed by atoms with Crippen molar-refractivity contribution in [1.29, 1.82) is 0 Å². The topological polar surface area (TPSA) is 68.5 Å². The van der Waals surface area contributed by atoms with Crippen LogP contribution in [0.25, 0.3) is 22.4 Å². The molecule has 1 N–H and O–H groups in total. The van der Waals surface area contributed by atoms with Crippen LogP contribution in [0.15, 0.2) is 53.6 Å². The van der Waals surface area contributed by atoms with Crippen molar-refractivity contribution in [3.8, 4) is 11.5 Å². The Morgan fingerprint density at radius 2 is 1.96 bits per heavy atom. The van der Waals surface area contributed by atoms with Gasteiger partial charge in [-0.05, 0) is 37.3 Å². The average Bonchev–Trinajstić information content (AvgIpc) is 3.18. The Hall–Kier alpha value is -3.22. The van der Waals surface area contributed by atoms with Crippen LogP contribution >= 0.6 is 0 Å². The zero-order valence-corrected chi connectivity index (χ0v) is 12.2. The zero-order valence-electron chi connectivity index (χ0n) is 12.2. The molecular weight excluding hydrogens is 297 g/mol. The van der Waals surface area contributed by atoms with Crippen molar-refractivity contribution in [3.05, 3.63) is 70.7 Å². The predicted molar refractivity (Wildman–Crippen MR) is 83.5 cm³/mol. The molecule has 1 aromatic carbocycles. The Bertz CT molecular complexity index is 1060. The molecule has 7 heteroatoms. The van der Waals surface area contributed by atoms with Gasteiger partial charge in [-0.1, -0.05) is 6.07 Å². The van der Waals surface area contributed by atoms with E-state index in [9.17, 15) is 9.18 Å². The van der Waals surface area contributed by atoms with Crippen LogP contribution in [0, 0.1) is 12.7 Å². The number of H-pyrrole nitrogens is 1. The maximum absolute atomic E-state index is 13.6. The van der Waals surface area contributed by atoms with Gasteiger partial charge in [0, 0.05) is 12.4 Å². The first kappa shape index (κ1) is 13.4. The molecule has 6 nitrogen and oxygen atoms in total. The van der Waals surface area contributed by atoms with Crippen LogP contribution in [-0.4, -0.2) is 24.5 Å². The second kappa shape index (κ2) is 4.91. The molecule has 23 heavy (non-hydrogen) atoms. The van der Waals surface area contributed by atoms with E-state index < -0.39 is 0 Å². The van der Waals surface area contributed by atoms with Gasteiger partial charge in [0.2, 0.25) is 0 Å². The molecule has 3 heterocycles. The maximum atomic E-state index is 13.6. The highest BCUT2D eigenvalue weighted by atomic mass is 19.1. The monoisotopic (exact) mass is 309 g/mol. The lowest BCUT2D eigenvalue weighted by molar-refractivity contribution is 0.625. The molecule has 0 spiro atoms. The number of benzene rings is 1. The van der Waals surface area contributed by atoms with Gasteiger partial charge in [-0.3, -0.25) is 4.79 Å². The quantitative estimate of drug-likeness (QED) is 0.618. The van der Waals surface area contributed by atoms with Gasteiger partial charge >= 0.3 is 0 Å². The highest BCUT2D eigenvalue weighted by Crippen LogP contribution is 2.24. The van der Waals surface area contributed by atoms with E-state index in [1.807, 2.05) is 12.1 Å². The third kappa shape index (κ3) is 2.05. The molecule has 0 saturated carbocycles. The van der Waals surface area contributed by atoms with Gasteiger partial charge in [0.15, 0.2) is 5.82 Å². The Morgan fingerprint density at radius 1 is 1.17 bits per heavy atom. The van der Waals surface area contributed by atoms with Crippen LogP contribution in [-0.2, 0) is 0 Å². The van der Waals surface area contributed by atoms with Gasteiger partial charge in [0.25, 0.3) is 5.56 Å². The van der Waals surface area contributed by atoms with Crippen molar-refractivity contribution in [2.45, 2.75) is 6.92 Å². The summed E-state index contributed by atoms with van der Waals surface area (Å²) in [5.74, 6) is 0.173. The van der Waals surface area contributed by atoms with Gasteiger partial charge in [0.1, 0.15) is 16.7 Å². The number of hydrogen-bond acceptors (Lipinski definition) is 3. The van der Waals surface area contributed by atoms with Crippen LogP contribution in [0.2, 0.25) is 0 Å². The lowest BCUT2D eigenvalue weighted by Crippen LogP contribution is -2.11. The fourth-order valence-electron chi connectivity index (χ4n) is 2.62. The SMILES string of the molecule is Cc1n[nH]c(=O)c2c(-n3cccc3)n(-c3cccc(F)c3)nc12. The molecule has 0 aliphatic heterocycles. The van der Waals surface area contributed by atoms with E-state index in [0.29, 0.717) is 28.1 Å². The summed E-state index contributed by atoms with van der Waals surface area (Å²) in [7, 11) is 0. The smallest absolute Gasteiger partial charge is 0.277 e. The first-order valence-electron chi connectivity index (χ1n) is 7.02. The van der Waals surface area contributed by atoms with Gasteiger partial charge in [-0.2, -0.15) is 10.2 Å². The summed E-state index contributed by atoms with van der Waals surface area (Å²) in [6.45, 7) is 1.76. The number of aryl methyl sites for hydroxylation is 1. The summed E-state index contributed by atoms with van der Waals surface area (Å²) >= 11 is 0. The molecule has 0 unspecified atom stereocenters. The van der Waals surface area contributed by atoms with Crippen molar-refractivity contribution in [1.82, 2.24) is 24.5 Å². The van der Waals surface area contributed by atoms with E-state index in [1.54, 1.807) is 40.7 Å².